The molecule has 2 aromatic heterocycles. The van der Waals surface area contributed by atoms with Gasteiger partial charge in [-0.3, -0.25) is 9.89 Å². The van der Waals surface area contributed by atoms with Crippen LogP contribution in [0.25, 0.3) is 0 Å². The second-order valence-electron chi connectivity index (χ2n) is 4.81. The Morgan fingerprint density at radius 2 is 2.32 bits per heavy atom. The van der Waals surface area contributed by atoms with Crippen LogP contribution in [-0.4, -0.2) is 16.1 Å². The van der Waals surface area contributed by atoms with Crippen LogP contribution >= 0.6 is 11.3 Å². The third kappa shape index (κ3) is 3.44. The van der Waals surface area contributed by atoms with Gasteiger partial charge in [-0.25, -0.2) is 0 Å². The molecule has 1 amide bonds. The van der Waals surface area contributed by atoms with E-state index in [9.17, 15) is 4.79 Å². The summed E-state index contributed by atoms with van der Waals surface area (Å²) >= 11 is 1.69. The minimum Gasteiger partial charge on any atom is -0.352 e. The normalized spacial score (nSPS) is 12.4. The molecule has 0 fully saturated rings. The molecule has 5 heteroatoms. The zero-order chi connectivity index (χ0) is 13.8. The Kier molecular flexibility index (Phi) is 4.37. The Balaban J connectivity index is 1.87. The zero-order valence-corrected chi connectivity index (χ0v) is 12.3. The number of carbonyl (C=O) groups is 1. The molecule has 0 aliphatic carbocycles. The lowest BCUT2D eigenvalue weighted by atomic mass is 10.1. The van der Waals surface area contributed by atoms with E-state index in [0.717, 1.165) is 23.4 Å². The van der Waals surface area contributed by atoms with Gasteiger partial charge in [0.15, 0.2) is 0 Å². The van der Waals surface area contributed by atoms with Crippen molar-refractivity contribution in [3.05, 3.63) is 39.3 Å². The first-order valence-corrected chi connectivity index (χ1v) is 7.26. The molecule has 1 unspecified atom stereocenters. The van der Waals surface area contributed by atoms with Crippen molar-refractivity contribution in [1.29, 1.82) is 0 Å². The molecule has 2 rings (SSSR count). The Hall–Kier alpha value is -1.62. The van der Waals surface area contributed by atoms with Gasteiger partial charge in [-0.1, -0.05) is 13.0 Å². The maximum absolute atomic E-state index is 12.0. The molecule has 4 nitrogen and oxygen atoms in total. The Bertz CT molecular complexity index is 526. The number of H-pyrrole nitrogens is 1. The predicted molar refractivity (Wildman–Crippen MR) is 77.1 cm³/mol. The molecule has 0 aliphatic rings. The van der Waals surface area contributed by atoms with Crippen LogP contribution in [0.2, 0.25) is 0 Å². The summed E-state index contributed by atoms with van der Waals surface area (Å²) in [6, 6.07) is 4.08. The minimum absolute atomic E-state index is 0.00818. The molecule has 0 aliphatic heterocycles. The van der Waals surface area contributed by atoms with Crippen LogP contribution in [0.5, 0.6) is 0 Å². The van der Waals surface area contributed by atoms with E-state index in [4.69, 9.17) is 0 Å². The first kappa shape index (κ1) is 13.8. The monoisotopic (exact) mass is 277 g/mol. The molecule has 102 valence electrons. The number of rotatable bonds is 5. The number of carbonyl (C=O) groups excluding carboxylic acids is 1. The Morgan fingerprint density at radius 3 is 2.89 bits per heavy atom. The van der Waals surface area contributed by atoms with Crippen LogP contribution in [0, 0.1) is 19.8 Å². The number of hydrogen-bond acceptors (Lipinski definition) is 3. The van der Waals surface area contributed by atoms with Crippen LogP contribution in [0.1, 0.15) is 28.8 Å². The van der Waals surface area contributed by atoms with Crippen molar-refractivity contribution in [3.8, 4) is 0 Å². The molecule has 0 radical (unpaired) electrons. The molecule has 19 heavy (non-hydrogen) atoms. The van der Waals surface area contributed by atoms with Crippen molar-refractivity contribution in [1.82, 2.24) is 15.5 Å². The van der Waals surface area contributed by atoms with E-state index in [1.165, 1.54) is 4.88 Å². The van der Waals surface area contributed by atoms with Crippen molar-refractivity contribution in [2.45, 2.75) is 33.7 Å². The summed E-state index contributed by atoms with van der Waals surface area (Å²) in [6.45, 7) is 6.42. The largest absolute Gasteiger partial charge is 0.352 e. The van der Waals surface area contributed by atoms with Crippen LogP contribution in [0.4, 0.5) is 0 Å². The van der Waals surface area contributed by atoms with Gasteiger partial charge in [0.2, 0.25) is 5.91 Å². The zero-order valence-electron chi connectivity index (χ0n) is 11.5. The molecule has 1 atom stereocenters. The predicted octanol–water partition coefficient (Wildman–Crippen LogP) is 2.58. The molecule has 2 N–H and O–H groups in total. The number of thiophene rings is 1. The third-order valence-corrected chi connectivity index (χ3v) is 4.15. The van der Waals surface area contributed by atoms with Gasteiger partial charge in [-0.15, -0.1) is 11.3 Å². The van der Waals surface area contributed by atoms with Gasteiger partial charge in [0.1, 0.15) is 0 Å². The number of aryl methyl sites for hydroxylation is 2. The maximum atomic E-state index is 12.0. The first-order valence-electron chi connectivity index (χ1n) is 6.38. The molecular formula is C14H19N3OS. The van der Waals surface area contributed by atoms with E-state index in [2.05, 4.69) is 21.6 Å². The van der Waals surface area contributed by atoms with E-state index >= 15 is 0 Å². The number of nitrogens with zero attached hydrogens (tertiary/aromatic N) is 1. The lowest BCUT2D eigenvalue weighted by molar-refractivity contribution is -0.124. The minimum atomic E-state index is -0.00818. The highest BCUT2D eigenvalue weighted by Crippen LogP contribution is 2.15. The summed E-state index contributed by atoms with van der Waals surface area (Å²) in [6.07, 6.45) is 0.798. The van der Waals surface area contributed by atoms with Crippen molar-refractivity contribution < 1.29 is 4.79 Å². The van der Waals surface area contributed by atoms with Crippen LogP contribution < -0.4 is 5.32 Å². The third-order valence-electron chi connectivity index (χ3n) is 3.26. The molecule has 2 aromatic rings. The smallest absolute Gasteiger partial charge is 0.223 e. The van der Waals surface area contributed by atoms with Gasteiger partial charge in [-0.05, 0) is 31.7 Å². The highest BCUT2D eigenvalue weighted by Gasteiger charge is 2.15. The lowest BCUT2D eigenvalue weighted by Gasteiger charge is -2.11. The van der Waals surface area contributed by atoms with Crippen LogP contribution in [-0.2, 0) is 17.8 Å². The molecule has 2 heterocycles. The molecular weight excluding hydrogens is 258 g/mol. The van der Waals surface area contributed by atoms with E-state index < -0.39 is 0 Å². The molecule has 0 aromatic carbocycles. The van der Waals surface area contributed by atoms with Crippen LogP contribution in [0.15, 0.2) is 17.5 Å². The number of nitrogens with one attached hydrogen (secondary N) is 2. The molecule has 0 bridgehead atoms. The second kappa shape index (κ2) is 6.02. The summed E-state index contributed by atoms with van der Waals surface area (Å²) in [4.78, 5) is 13.3. The van der Waals surface area contributed by atoms with Gasteiger partial charge < -0.3 is 5.32 Å². The summed E-state index contributed by atoms with van der Waals surface area (Å²) in [5.74, 6) is 0.0829. The molecule has 0 spiro atoms. The standard InChI is InChI=1S/C14H19N3OS/c1-9(7-12-5-4-6-19-12)14(18)15-8-13-10(2)16-17-11(13)3/h4-6,9H,7-8H2,1-3H3,(H,15,18)(H,16,17). The van der Waals surface area contributed by atoms with Gasteiger partial charge in [0.05, 0.1) is 5.69 Å². The van der Waals surface area contributed by atoms with Crippen molar-refractivity contribution in [3.63, 3.8) is 0 Å². The lowest BCUT2D eigenvalue weighted by Crippen LogP contribution is -2.30. The van der Waals surface area contributed by atoms with Gasteiger partial charge in [0, 0.05) is 28.6 Å². The first-order chi connectivity index (χ1) is 9.08. The van der Waals surface area contributed by atoms with E-state index in [0.29, 0.717) is 6.54 Å². The Morgan fingerprint density at radius 1 is 1.53 bits per heavy atom. The summed E-state index contributed by atoms with van der Waals surface area (Å²) in [5, 5.41) is 12.1. The summed E-state index contributed by atoms with van der Waals surface area (Å²) in [7, 11) is 0. The quantitative estimate of drug-likeness (QED) is 0.882. The van der Waals surface area contributed by atoms with Crippen molar-refractivity contribution in [2.75, 3.05) is 0 Å². The number of hydrogen-bond donors (Lipinski definition) is 2. The highest BCUT2D eigenvalue weighted by atomic mass is 32.1. The van der Waals surface area contributed by atoms with Crippen molar-refractivity contribution in [2.24, 2.45) is 5.92 Å². The fraction of sp³-hybridized carbons (Fsp3) is 0.429. The maximum Gasteiger partial charge on any atom is 0.223 e. The molecule has 0 saturated heterocycles. The average Bonchev–Trinajstić information content (AvgIpc) is 2.98. The number of aromatic nitrogens is 2. The fourth-order valence-corrected chi connectivity index (χ4v) is 2.84. The average molecular weight is 277 g/mol. The number of aromatic amines is 1. The number of amides is 1. The highest BCUT2D eigenvalue weighted by molar-refractivity contribution is 7.09. The summed E-state index contributed by atoms with van der Waals surface area (Å²) in [5.41, 5.74) is 3.05. The van der Waals surface area contributed by atoms with Crippen LogP contribution in [0.3, 0.4) is 0 Å². The van der Waals surface area contributed by atoms with E-state index in [1.807, 2.05) is 32.2 Å². The van der Waals surface area contributed by atoms with Gasteiger partial charge >= 0.3 is 0 Å². The topological polar surface area (TPSA) is 57.8 Å². The van der Waals surface area contributed by atoms with Gasteiger partial charge in [0.25, 0.3) is 0 Å². The second-order valence-corrected chi connectivity index (χ2v) is 5.85. The van der Waals surface area contributed by atoms with E-state index in [1.54, 1.807) is 11.3 Å². The summed E-state index contributed by atoms with van der Waals surface area (Å²) < 4.78 is 0. The fourth-order valence-electron chi connectivity index (χ4n) is 2.01. The van der Waals surface area contributed by atoms with Gasteiger partial charge in [-0.2, -0.15) is 5.10 Å². The Labute approximate surface area is 117 Å². The SMILES string of the molecule is Cc1n[nH]c(C)c1CNC(=O)C(C)Cc1cccs1. The molecule has 0 saturated carbocycles. The van der Waals surface area contributed by atoms with Crippen molar-refractivity contribution >= 4 is 17.2 Å². The van der Waals surface area contributed by atoms with E-state index in [-0.39, 0.29) is 11.8 Å².